The van der Waals surface area contributed by atoms with Crippen LogP contribution in [0.5, 0.6) is 5.75 Å². The molecule has 1 aliphatic heterocycles. The summed E-state index contributed by atoms with van der Waals surface area (Å²) < 4.78 is 7.02. The molecule has 2 aromatic heterocycles. The summed E-state index contributed by atoms with van der Waals surface area (Å²) in [7, 11) is 1.57. The first kappa shape index (κ1) is 16.1. The van der Waals surface area contributed by atoms with Crippen molar-refractivity contribution >= 4 is 23.3 Å². The lowest BCUT2D eigenvalue weighted by molar-refractivity contribution is -0.126. The van der Waals surface area contributed by atoms with E-state index < -0.39 is 5.92 Å². The van der Waals surface area contributed by atoms with Gasteiger partial charge in [-0.1, -0.05) is 0 Å². The minimum Gasteiger partial charge on any atom is -0.497 e. The van der Waals surface area contributed by atoms with Crippen molar-refractivity contribution in [3.8, 4) is 5.75 Å². The van der Waals surface area contributed by atoms with Gasteiger partial charge in [-0.05, 0) is 29.8 Å². The number of benzene rings is 1. The summed E-state index contributed by atoms with van der Waals surface area (Å²) in [6.07, 6.45) is 5.41. The molecule has 3 aromatic rings. The third-order valence-corrected chi connectivity index (χ3v) is 4.34. The van der Waals surface area contributed by atoms with Gasteiger partial charge in [-0.2, -0.15) is 0 Å². The van der Waals surface area contributed by atoms with E-state index in [4.69, 9.17) is 4.74 Å². The lowest BCUT2D eigenvalue weighted by Crippen LogP contribution is -2.34. The van der Waals surface area contributed by atoms with Crippen LogP contribution >= 0.6 is 0 Å². The van der Waals surface area contributed by atoms with Crippen molar-refractivity contribution in [1.29, 1.82) is 0 Å². The Labute approximate surface area is 149 Å². The molecule has 0 saturated heterocycles. The van der Waals surface area contributed by atoms with E-state index in [1.54, 1.807) is 35.9 Å². The van der Waals surface area contributed by atoms with Crippen LogP contribution in [0.25, 0.3) is 5.78 Å². The van der Waals surface area contributed by atoms with Crippen LogP contribution in [0.1, 0.15) is 23.6 Å². The number of nitrogens with one attached hydrogen (secondary N) is 2. The molecule has 1 aromatic carbocycles. The fourth-order valence-electron chi connectivity index (χ4n) is 3.07. The summed E-state index contributed by atoms with van der Waals surface area (Å²) >= 11 is 0. The van der Waals surface area contributed by atoms with Gasteiger partial charge >= 0.3 is 0 Å². The molecule has 0 fully saturated rings. The highest BCUT2D eigenvalue weighted by Crippen LogP contribution is 2.35. The Balaban J connectivity index is 1.53. The van der Waals surface area contributed by atoms with E-state index >= 15 is 0 Å². The van der Waals surface area contributed by atoms with Crippen molar-refractivity contribution in [2.24, 2.45) is 0 Å². The number of amides is 2. The number of hydrogen-bond acceptors (Lipinski definition) is 5. The summed E-state index contributed by atoms with van der Waals surface area (Å²) in [5.74, 6) is 0.246. The van der Waals surface area contributed by atoms with Gasteiger partial charge in [-0.15, -0.1) is 0 Å². The van der Waals surface area contributed by atoms with Crippen LogP contribution in [0.15, 0.2) is 42.9 Å². The smallest absolute Gasteiger partial charge is 0.233 e. The maximum Gasteiger partial charge on any atom is 0.233 e. The predicted molar refractivity (Wildman–Crippen MR) is 93.8 cm³/mol. The molecule has 0 radical (unpaired) electrons. The Kier molecular flexibility index (Phi) is 4.00. The van der Waals surface area contributed by atoms with E-state index in [2.05, 4.69) is 20.6 Å². The van der Waals surface area contributed by atoms with E-state index in [1.165, 1.54) is 0 Å². The number of rotatable bonds is 4. The average molecular weight is 351 g/mol. The van der Waals surface area contributed by atoms with Crippen LogP contribution in [0, 0.1) is 0 Å². The van der Waals surface area contributed by atoms with Crippen molar-refractivity contribution in [1.82, 2.24) is 19.7 Å². The van der Waals surface area contributed by atoms with E-state index in [1.807, 2.05) is 18.5 Å². The Morgan fingerprint density at radius 2 is 2.35 bits per heavy atom. The molecule has 2 N–H and O–H groups in total. The standard InChI is InChI=1S/C18H17N5O3/c1-26-12-3-4-15-13(7-12)14(8-16(24)22-15)17(25)20-9-11-10-23-6-2-5-19-18(23)21-11/h2-7,10,14H,8-9H2,1H3,(H,20,25)(H,22,24)/t14-/m0/s1. The third kappa shape index (κ3) is 2.97. The molecular formula is C18H17N5O3. The second-order valence-electron chi connectivity index (χ2n) is 6.04. The molecule has 4 rings (SSSR count). The highest BCUT2D eigenvalue weighted by atomic mass is 16.5. The normalized spacial score (nSPS) is 16.0. The zero-order chi connectivity index (χ0) is 18.1. The molecule has 0 aliphatic carbocycles. The first-order chi connectivity index (χ1) is 12.6. The van der Waals surface area contributed by atoms with Crippen molar-refractivity contribution in [2.45, 2.75) is 18.9 Å². The molecule has 8 heteroatoms. The average Bonchev–Trinajstić information content (AvgIpc) is 3.08. The molecule has 8 nitrogen and oxygen atoms in total. The number of ether oxygens (including phenoxy) is 1. The number of aromatic nitrogens is 3. The molecule has 2 amide bonds. The van der Waals surface area contributed by atoms with Crippen LogP contribution in [0.2, 0.25) is 0 Å². The van der Waals surface area contributed by atoms with E-state index in [0.29, 0.717) is 22.9 Å². The highest BCUT2D eigenvalue weighted by Gasteiger charge is 2.31. The maximum absolute atomic E-state index is 12.7. The Bertz CT molecular complexity index is 964. The topological polar surface area (TPSA) is 97.6 Å². The Morgan fingerprint density at radius 1 is 1.46 bits per heavy atom. The lowest BCUT2D eigenvalue weighted by Gasteiger charge is -2.25. The molecule has 0 unspecified atom stereocenters. The molecule has 1 aliphatic rings. The minimum atomic E-state index is -0.566. The van der Waals surface area contributed by atoms with Crippen molar-refractivity contribution in [3.05, 3.63) is 54.1 Å². The number of hydrogen-bond donors (Lipinski definition) is 2. The summed E-state index contributed by atoms with van der Waals surface area (Å²) in [5, 5.41) is 5.65. The fraction of sp³-hybridized carbons (Fsp3) is 0.222. The van der Waals surface area contributed by atoms with Gasteiger partial charge < -0.3 is 15.4 Å². The number of carbonyl (C=O) groups excluding carboxylic acids is 2. The van der Waals surface area contributed by atoms with Gasteiger partial charge in [0.25, 0.3) is 0 Å². The molecule has 0 saturated carbocycles. The second-order valence-corrected chi connectivity index (χ2v) is 6.04. The number of nitrogens with zero attached hydrogens (tertiary/aromatic N) is 3. The first-order valence-electron chi connectivity index (χ1n) is 8.18. The van der Waals surface area contributed by atoms with Gasteiger partial charge in [-0.3, -0.25) is 14.0 Å². The van der Waals surface area contributed by atoms with Crippen molar-refractivity contribution in [3.63, 3.8) is 0 Å². The van der Waals surface area contributed by atoms with Gasteiger partial charge in [0, 0.05) is 30.7 Å². The Morgan fingerprint density at radius 3 is 3.15 bits per heavy atom. The van der Waals surface area contributed by atoms with Gasteiger partial charge in [0.2, 0.25) is 17.6 Å². The predicted octanol–water partition coefficient (Wildman–Crippen LogP) is 1.48. The Hall–Kier alpha value is -3.42. The molecular weight excluding hydrogens is 334 g/mol. The molecule has 132 valence electrons. The van der Waals surface area contributed by atoms with Crippen molar-refractivity contribution in [2.75, 3.05) is 12.4 Å². The molecule has 3 heterocycles. The summed E-state index contributed by atoms with van der Waals surface area (Å²) in [6.45, 7) is 0.264. The monoisotopic (exact) mass is 351 g/mol. The summed E-state index contributed by atoms with van der Waals surface area (Å²) in [5.41, 5.74) is 2.08. The number of imidazole rings is 1. The quantitative estimate of drug-likeness (QED) is 0.742. The van der Waals surface area contributed by atoms with Gasteiger partial charge in [0.1, 0.15) is 5.75 Å². The zero-order valence-electron chi connectivity index (χ0n) is 14.1. The van der Waals surface area contributed by atoms with E-state index in [-0.39, 0.29) is 24.8 Å². The third-order valence-electron chi connectivity index (χ3n) is 4.34. The number of anilines is 1. The molecule has 0 bridgehead atoms. The number of methoxy groups -OCH3 is 1. The van der Waals surface area contributed by atoms with Crippen LogP contribution < -0.4 is 15.4 Å². The maximum atomic E-state index is 12.7. The first-order valence-corrected chi connectivity index (χ1v) is 8.18. The number of fused-ring (bicyclic) bond motifs is 2. The molecule has 0 spiro atoms. The SMILES string of the molecule is COc1ccc2c(c1)[C@@H](C(=O)NCc1cn3cccnc3n1)CC(=O)N2. The fourth-order valence-corrected chi connectivity index (χ4v) is 3.07. The van der Waals surface area contributed by atoms with Gasteiger partial charge in [0.15, 0.2) is 0 Å². The molecule has 26 heavy (non-hydrogen) atoms. The minimum absolute atomic E-state index is 0.0960. The van der Waals surface area contributed by atoms with Crippen LogP contribution in [0.4, 0.5) is 5.69 Å². The van der Waals surface area contributed by atoms with Gasteiger partial charge in [0.05, 0.1) is 25.3 Å². The van der Waals surface area contributed by atoms with E-state index in [9.17, 15) is 9.59 Å². The number of carbonyl (C=O) groups is 2. The molecule has 1 atom stereocenters. The summed E-state index contributed by atoms with van der Waals surface area (Å²) in [6, 6.07) is 7.10. The van der Waals surface area contributed by atoms with Crippen LogP contribution in [-0.2, 0) is 16.1 Å². The van der Waals surface area contributed by atoms with Crippen molar-refractivity contribution < 1.29 is 14.3 Å². The van der Waals surface area contributed by atoms with Gasteiger partial charge in [-0.25, -0.2) is 9.97 Å². The zero-order valence-corrected chi connectivity index (χ0v) is 14.1. The van der Waals surface area contributed by atoms with Crippen LogP contribution in [0.3, 0.4) is 0 Å². The van der Waals surface area contributed by atoms with Crippen LogP contribution in [-0.4, -0.2) is 33.3 Å². The second kappa shape index (κ2) is 6.47. The van der Waals surface area contributed by atoms with E-state index in [0.717, 1.165) is 5.56 Å². The largest absolute Gasteiger partial charge is 0.497 e. The highest BCUT2D eigenvalue weighted by molar-refractivity contribution is 6.01. The summed E-state index contributed by atoms with van der Waals surface area (Å²) in [4.78, 5) is 33.2. The lowest BCUT2D eigenvalue weighted by atomic mass is 9.89.